The van der Waals surface area contributed by atoms with E-state index in [0.29, 0.717) is 37.7 Å². The molecule has 1 aromatic carbocycles. The van der Waals surface area contributed by atoms with Crippen LogP contribution in [-0.4, -0.2) is 31.2 Å². The molecule has 1 saturated heterocycles. The molecule has 1 aromatic rings. The fraction of sp³-hybridized carbons (Fsp3) is 0.200. The van der Waals surface area contributed by atoms with Gasteiger partial charge in [-0.15, -0.1) is 0 Å². The van der Waals surface area contributed by atoms with Crippen LogP contribution >= 0.6 is 0 Å². The molecular weight excluding hydrogens is 331 g/mol. The highest BCUT2D eigenvalue weighted by molar-refractivity contribution is 5.84. The summed E-state index contributed by atoms with van der Waals surface area (Å²) in [4.78, 5) is 2.09. The third-order valence-electron chi connectivity index (χ3n) is 4.06. The monoisotopic (exact) mass is 356 g/mol. The Morgan fingerprint density at radius 3 is 2.42 bits per heavy atom. The molecule has 0 radical (unpaired) electrons. The Hall–Kier alpha value is -2.83. The van der Waals surface area contributed by atoms with E-state index < -0.39 is 0 Å². The van der Waals surface area contributed by atoms with Gasteiger partial charge in [0.2, 0.25) is 0 Å². The number of allylic oxidation sites excluding steroid dienone is 6. The van der Waals surface area contributed by atoms with Crippen LogP contribution in [0.1, 0.15) is 5.56 Å². The van der Waals surface area contributed by atoms with Crippen LogP contribution in [0.25, 0.3) is 5.57 Å². The van der Waals surface area contributed by atoms with Crippen LogP contribution in [0.15, 0.2) is 78.8 Å². The molecule has 0 aliphatic carbocycles. The minimum atomic E-state index is -0.304. The topological polar surface area (TPSA) is 76.5 Å². The highest BCUT2D eigenvalue weighted by Crippen LogP contribution is 2.31. The Balaban J connectivity index is 2.61. The second-order valence-corrected chi connectivity index (χ2v) is 5.67. The normalized spacial score (nSPS) is 16.4. The van der Waals surface area contributed by atoms with Crippen LogP contribution < -0.4 is 17.0 Å². The van der Waals surface area contributed by atoms with Crippen molar-refractivity contribution in [1.82, 2.24) is 10.3 Å². The quantitative estimate of drug-likeness (QED) is 0.397. The summed E-state index contributed by atoms with van der Waals surface area (Å²) < 4.78 is 18.7. The van der Waals surface area contributed by atoms with Gasteiger partial charge in [0.15, 0.2) is 0 Å². The molecule has 1 aliphatic rings. The van der Waals surface area contributed by atoms with Crippen molar-refractivity contribution in [3.8, 4) is 0 Å². The predicted molar refractivity (Wildman–Crippen MR) is 104 cm³/mol. The molecule has 0 spiro atoms. The third kappa shape index (κ3) is 4.62. The number of hydrogen-bond donors (Lipinski definition) is 3. The number of nitrogens with zero attached hydrogens (tertiary/aromatic N) is 1. The van der Waals surface area contributed by atoms with Gasteiger partial charge in [-0.3, -0.25) is 0 Å². The molecular formula is C20H25FN4O. The number of hydrazine groups is 1. The van der Waals surface area contributed by atoms with Gasteiger partial charge in [0, 0.05) is 18.7 Å². The second kappa shape index (κ2) is 9.60. The van der Waals surface area contributed by atoms with Crippen LogP contribution in [0, 0.1) is 5.82 Å². The van der Waals surface area contributed by atoms with Gasteiger partial charge >= 0.3 is 0 Å². The summed E-state index contributed by atoms with van der Waals surface area (Å²) >= 11 is 0. The van der Waals surface area contributed by atoms with Gasteiger partial charge in [-0.25, -0.2) is 10.2 Å². The number of halogens is 1. The van der Waals surface area contributed by atoms with E-state index in [4.69, 9.17) is 16.3 Å². The molecule has 2 rings (SSSR count). The SMILES string of the molecule is C=C/C=C(\C=C/N)C(/C(=C)c1ccc(F)cc1)=C(/NN)N1CCOCC1. The number of benzene rings is 1. The molecule has 0 saturated carbocycles. The number of rotatable bonds is 7. The van der Waals surface area contributed by atoms with E-state index in [1.165, 1.54) is 18.3 Å². The fourth-order valence-corrected chi connectivity index (χ4v) is 2.81. The number of hydrogen-bond acceptors (Lipinski definition) is 5. The van der Waals surface area contributed by atoms with Crippen LogP contribution in [-0.2, 0) is 4.74 Å². The predicted octanol–water partition coefficient (Wildman–Crippen LogP) is 2.43. The second-order valence-electron chi connectivity index (χ2n) is 5.67. The fourth-order valence-electron chi connectivity index (χ4n) is 2.81. The molecule has 6 heteroatoms. The Morgan fingerprint density at radius 1 is 1.23 bits per heavy atom. The Bertz CT molecular complexity index is 729. The molecule has 0 unspecified atom stereocenters. The van der Waals surface area contributed by atoms with Crippen molar-refractivity contribution in [3.63, 3.8) is 0 Å². The zero-order valence-electron chi connectivity index (χ0n) is 14.7. The van der Waals surface area contributed by atoms with Gasteiger partial charge < -0.3 is 20.8 Å². The summed E-state index contributed by atoms with van der Waals surface area (Å²) in [6.07, 6.45) is 6.69. The molecule has 1 heterocycles. The molecule has 0 amide bonds. The first-order valence-electron chi connectivity index (χ1n) is 8.32. The molecule has 5 nitrogen and oxygen atoms in total. The first-order valence-corrected chi connectivity index (χ1v) is 8.32. The first-order chi connectivity index (χ1) is 12.6. The van der Waals surface area contributed by atoms with E-state index in [1.54, 1.807) is 24.3 Å². The summed E-state index contributed by atoms with van der Waals surface area (Å²) in [6.45, 7) is 10.6. The van der Waals surface area contributed by atoms with Crippen molar-refractivity contribution in [2.45, 2.75) is 0 Å². The molecule has 0 atom stereocenters. The lowest BCUT2D eigenvalue weighted by atomic mass is 9.92. The highest BCUT2D eigenvalue weighted by atomic mass is 19.1. The number of nitrogens with two attached hydrogens (primary N) is 2. The maximum absolute atomic E-state index is 13.3. The van der Waals surface area contributed by atoms with Gasteiger partial charge in [0.1, 0.15) is 11.6 Å². The Kier molecular flexibility index (Phi) is 7.20. The maximum Gasteiger partial charge on any atom is 0.124 e. The van der Waals surface area contributed by atoms with Gasteiger partial charge in [-0.1, -0.05) is 37.4 Å². The average Bonchev–Trinajstić information content (AvgIpc) is 2.67. The number of ether oxygens (including phenoxy) is 1. The Morgan fingerprint density at radius 2 is 1.88 bits per heavy atom. The van der Waals surface area contributed by atoms with Crippen molar-refractivity contribution in [1.29, 1.82) is 0 Å². The van der Waals surface area contributed by atoms with E-state index >= 15 is 0 Å². The van der Waals surface area contributed by atoms with Gasteiger partial charge in [-0.2, -0.15) is 0 Å². The average molecular weight is 356 g/mol. The minimum Gasteiger partial charge on any atom is -0.405 e. The van der Waals surface area contributed by atoms with Crippen molar-refractivity contribution in [2.24, 2.45) is 11.6 Å². The third-order valence-corrected chi connectivity index (χ3v) is 4.06. The summed E-state index contributed by atoms with van der Waals surface area (Å²) in [5, 5.41) is 0. The van der Waals surface area contributed by atoms with E-state index in [1.807, 2.05) is 6.08 Å². The molecule has 5 N–H and O–H groups in total. The molecule has 26 heavy (non-hydrogen) atoms. The first kappa shape index (κ1) is 19.5. The lowest BCUT2D eigenvalue weighted by molar-refractivity contribution is 0.0501. The lowest BCUT2D eigenvalue weighted by Crippen LogP contribution is -2.43. The zero-order chi connectivity index (χ0) is 18.9. The molecule has 0 aromatic heterocycles. The summed E-state index contributed by atoms with van der Waals surface area (Å²) in [7, 11) is 0. The molecule has 1 fully saturated rings. The summed E-state index contributed by atoms with van der Waals surface area (Å²) in [6, 6.07) is 6.17. The van der Waals surface area contributed by atoms with Gasteiger partial charge in [0.25, 0.3) is 0 Å². The molecule has 0 bridgehead atoms. The molecule has 1 aliphatic heterocycles. The van der Waals surface area contributed by atoms with Crippen molar-refractivity contribution in [3.05, 3.63) is 90.2 Å². The Labute approximate surface area is 153 Å². The molecule has 138 valence electrons. The van der Waals surface area contributed by atoms with Crippen LogP contribution in [0.3, 0.4) is 0 Å². The van der Waals surface area contributed by atoms with Crippen LogP contribution in [0.5, 0.6) is 0 Å². The van der Waals surface area contributed by atoms with Crippen molar-refractivity contribution in [2.75, 3.05) is 26.3 Å². The van der Waals surface area contributed by atoms with E-state index in [-0.39, 0.29) is 5.82 Å². The van der Waals surface area contributed by atoms with Crippen molar-refractivity contribution >= 4 is 5.57 Å². The van der Waals surface area contributed by atoms with Gasteiger partial charge in [-0.05, 0) is 41.1 Å². The zero-order valence-corrected chi connectivity index (χ0v) is 14.7. The van der Waals surface area contributed by atoms with E-state index in [9.17, 15) is 4.39 Å². The maximum atomic E-state index is 13.3. The number of morpholine rings is 1. The van der Waals surface area contributed by atoms with Gasteiger partial charge in [0.05, 0.1) is 13.2 Å². The smallest absolute Gasteiger partial charge is 0.124 e. The van der Waals surface area contributed by atoms with Crippen molar-refractivity contribution < 1.29 is 9.13 Å². The largest absolute Gasteiger partial charge is 0.405 e. The summed E-state index contributed by atoms with van der Waals surface area (Å²) in [5.74, 6) is 6.27. The number of nitrogens with one attached hydrogen (secondary N) is 1. The highest BCUT2D eigenvalue weighted by Gasteiger charge is 2.21. The summed E-state index contributed by atoms with van der Waals surface area (Å²) in [5.41, 5.74) is 11.5. The lowest BCUT2D eigenvalue weighted by Gasteiger charge is -2.33. The van der Waals surface area contributed by atoms with E-state index in [0.717, 1.165) is 16.7 Å². The van der Waals surface area contributed by atoms with E-state index in [2.05, 4.69) is 23.5 Å². The standard InChI is InChI=1S/C20H25FN4O/c1-3-4-17(9-10-22)19(15(2)16-5-7-18(21)8-6-16)20(24-23)25-11-13-26-14-12-25/h3-10,24H,1-2,11-14,22-23H2/b10-9-,17-4+,20-19-. The van der Waals surface area contributed by atoms with Crippen LogP contribution in [0.4, 0.5) is 4.39 Å². The minimum absolute atomic E-state index is 0.304. The van der Waals surface area contributed by atoms with Crippen LogP contribution in [0.2, 0.25) is 0 Å².